The number of guanidine groups is 1. The van der Waals surface area contributed by atoms with Gasteiger partial charge in [0.2, 0.25) is 17.7 Å². The van der Waals surface area contributed by atoms with Crippen molar-refractivity contribution in [3.8, 4) is 0 Å². The molecule has 0 unspecified atom stereocenters. The van der Waals surface area contributed by atoms with Crippen LogP contribution >= 0.6 is 0 Å². The number of aryl methyl sites for hydroxylation is 1. The van der Waals surface area contributed by atoms with Crippen molar-refractivity contribution in [2.75, 3.05) is 11.9 Å². The van der Waals surface area contributed by atoms with E-state index in [9.17, 15) is 19.2 Å². The first-order chi connectivity index (χ1) is 16.5. The summed E-state index contributed by atoms with van der Waals surface area (Å²) in [7, 11) is 0. The second-order valence-corrected chi connectivity index (χ2v) is 8.84. The summed E-state index contributed by atoms with van der Waals surface area (Å²) in [5, 5.41) is 8.89. The fraction of sp³-hybridized carbons (Fsp3) is 0.458. The first kappa shape index (κ1) is 27.4. The quantitative estimate of drug-likeness (QED) is 0.136. The summed E-state index contributed by atoms with van der Waals surface area (Å²) in [6.07, 6.45) is 1.10. The lowest BCUT2D eigenvalue weighted by molar-refractivity contribution is -0.130. The molecular formula is C24H34N6O5. The molecule has 0 spiro atoms. The van der Waals surface area contributed by atoms with Gasteiger partial charge in [-0.2, -0.15) is 0 Å². The fourth-order valence-corrected chi connectivity index (χ4v) is 3.63. The molecule has 0 bridgehead atoms. The number of fused-ring (bicyclic) bond motifs is 1. The Hall–Kier alpha value is -3.89. The van der Waals surface area contributed by atoms with E-state index in [0.717, 1.165) is 10.9 Å². The Balaban J connectivity index is 2.22. The molecular weight excluding hydrogens is 452 g/mol. The standard InChI is InChI=1S/C24H34N6O5/c1-13(2)10-19(28-15(4)31)23(34)30-18(6-5-9-27-24(25)26)22(33)29-16-7-8-17-14(3)11-21(32)35-20(17)12-16/h7-8,11-13,18-19H,5-6,9-10H2,1-4H3,(H,28,31)(H,29,33)(H,30,34)(H4,25,26,27)/t18-,19-/m0/s1. The SMILES string of the molecule is CC(=O)N[C@@H](CC(C)C)C(=O)N[C@@H](CCCN=C(N)N)C(=O)Nc1ccc2c(C)cc(=O)oc2c1. The summed E-state index contributed by atoms with van der Waals surface area (Å²) in [6.45, 7) is 7.27. The van der Waals surface area contributed by atoms with Gasteiger partial charge in [0.1, 0.15) is 17.7 Å². The minimum atomic E-state index is -0.916. The summed E-state index contributed by atoms with van der Waals surface area (Å²) >= 11 is 0. The van der Waals surface area contributed by atoms with Crippen LogP contribution in [0.1, 0.15) is 45.6 Å². The Morgan fingerprint density at radius 3 is 2.40 bits per heavy atom. The molecule has 0 fully saturated rings. The van der Waals surface area contributed by atoms with Crippen molar-refractivity contribution in [3.05, 3.63) is 40.2 Å². The largest absolute Gasteiger partial charge is 0.423 e. The number of amides is 3. The molecule has 1 aromatic carbocycles. The third-order valence-electron chi connectivity index (χ3n) is 5.20. The molecule has 0 aliphatic rings. The first-order valence-corrected chi connectivity index (χ1v) is 11.4. The van der Waals surface area contributed by atoms with E-state index < -0.39 is 29.5 Å². The van der Waals surface area contributed by atoms with Gasteiger partial charge in [-0.1, -0.05) is 13.8 Å². The number of nitrogens with one attached hydrogen (secondary N) is 3. The van der Waals surface area contributed by atoms with Crippen LogP contribution in [0.25, 0.3) is 11.0 Å². The van der Waals surface area contributed by atoms with Gasteiger partial charge in [0.05, 0.1) is 0 Å². The van der Waals surface area contributed by atoms with Crippen molar-refractivity contribution in [1.82, 2.24) is 10.6 Å². The summed E-state index contributed by atoms with van der Waals surface area (Å²) in [5.41, 5.74) is 11.7. The molecule has 0 saturated heterocycles. The highest BCUT2D eigenvalue weighted by Crippen LogP contribution is 2.21. The topological polar surface area (TPSA) is 182 Å². The zero-order valence-corrected chi connectivity index (χ0v) is 20.5. The molecule has 3 amide bonds. The summed E-state index contributed by atoms with van der Waals surface area (Å²) in [6, 6.07) is 4.68. The van der Waals surface area contributed by atoms with Crippen LogP contribution in [0.5, 0.6) is 0 Å². The summed E-state index contributed by atoms with van der Waals surface area (Å²) in [5.74, 6) is -1.19. The molecule has 11 nitrogen and oxygen atoms in total. The van der Waals surface area contributed by atoms with Crippen LogP contribution in [0.3, 0.4) is 0 Å². The first-order valence-electron chi connectivity index (χ1n) is 11.4. The minimum absolute atomic E-state index is 0.0642. The average molecular weight is 487 g/mol. The number of hydrogen-bond acceptors (Lipinski definition) is 6. The van der Waals surface area contributed by atoms with E-state index in [4.69, 9.17) is 15.9 Å². The highest BCUT2D eigenvalue weighted by atomic mass is 16.4. The highest BCUT2D eigenvalue weighted by molar-refractivity contribution is 5.99. The van der Waals surface area contributed by atoms with Gasteiger partial charge < -0.3 is 31.8 Å². The summed E-state index contributed by atoms with van der Waals surface area (Å²) < 4.78 is 5.24. The zero-order chi connectivity index (χ0) is 26.1. The molecule has 2 atom stereocenters. The maximum Gasteiger partial charge on any atom is 0.336 e. The van der Waals surface area contributed by atoms with Gasteiger partial charge in [-0.05, 0) is 49.8 Å². The fourth-order valence-electron chi connectivity index (χ4n) is 3.63. The van der Waals surface area contributed by atoms with E-state index in [1.54, 1.807) is 25.1 Å². The molecule has 2 rings (SSSR count). The predicted molar refractivity (Wildman–Crippen MR) is 135 cm³/mol. The van der Waals surface area contributed by atoms with Crippen molar-refractivity contribution in [2.24, 2.45) is 22.4 Å². The van der Waals surface area contributed by atoms with Crippen LogP contribution in [0, 0.1) is 12.8 Å². The smallest absolute Gasteiger partial charge is 0.336 e. The van der Waals surface area contributed by atoms with E-state index in [0.29, 0.717) is 24.1 Å². The number of nitrogens with zero attached hydrogens (tertiary/aromatic N) is 1. The number of rotatable bonds is 11. The molecule has 35 heavy (non-hydrogen) atoms. The number of anilines is 1. The van der Waals surface area contributed by atoms with Crippen molar-refractivity contribution in [3.63, 3.8) is 0 Å². The molecule has 7 N–H and O–H groups in total. The van der Waals surface area contributed by atoms with E-state index in [2.05, 4.69) is 20.9 Å². The lowest BCUT2D eigenvalue weighted by atomic mass is 10.0. The van der Waals surface area contributed by atoms with Crippen molar-refractivity contribution < 1.29 is 18.8 Å². The monoisotopic (exact) mass is 486 g/mol. The number of carbonyl (C=O) groups is 3. The average Bonchev–Trinajstić information content (AvgIpc) is 2.73. The van der Waals surface area contributed by atoms with Gasteiger partial charge in [-0.25, -0.2) is 4.79 Å². The van der Waals surface area contributed by atoms with E-state index in [-0.39, 0.29) is 30.8 Å². The second-order valence-electron chi connectivity index (χ2n) is 8.84. The highest BCUT2D eigenvalue weighted by Gasteiger charge is 2.26. The Morgan fingerprint density at radius 2 is 1.77 bits per heavy atom. The lowest BCUT2D eigenvalue weighted by Gasteiger charge is -2.24. The Kier molecular flexibility index (Phi) is 9.80. The van der Waals surface area contributed by atoms with Crippen molar-refractivity contribution in [2.45, 2.75) is 59.0 Å². The number of aliphatic imine (C=N–C) groups is 1. The van der Waals surface area contributed by atoms with Gasteiger partial charge in [0, 0.05) is 36.7 Å². The molecule has 1 heterocycles. The second kappa shape index (κ2) is 12.5. The third-order valence-corrected chi connectivity index (χ3v) is 5.20. The Labute approximate surface area is 203 Å². The molecule has 0 radical (unpaired) electrons. The van der Waals surface area contributed by atoms with E-state index in [1.807, 2.05) is 13.8 Å². The number of nitrogens with two attached hydrogens (primary N) is 2. The molecule has 0 aliphatic carbocycles. The van der Waals surface area contributed by atoms with Gasteiger partial charge in [0.15, 0.2) is 5.96 Å². The van der Waals surface area contributed by atoms with Crippen LogP contribution in [0.4, 0.5) is 5.69 Å². The molecule has 0 saturated carbocycles. The Bertz CT molecular complexity index is 1150. The third kappa shape index (κ3) is 8.76. The predicted octanol–water partition coefficient (Wildman–Crippen LogP) is 1.13. The summed E-state index contributed by atoms with van der Waals surface area (Å²) in [4.78, 5) is 53.3. The van der Waals surface area contributed by atoms with Crippen molar-refractivity contribution >= 4 is 40.3 Å². The van der Waals surface area contributed by atoms with Crippen LogP contribution in [-0.4, -0.2) is 42.3 Å². The maximum absolute atomic E-state index is 13.1. The number of carbonyl (C=O) groups excluding carboxylic acids is 3. The van der Waals surface area contributed by atoms with Crippen LogP contribution in [0.15, 0.2) is 38.5 Å². The Morgan fingerprint density at radius 1 is 1.06 bits per heavy atom. The molecule has 11 heteroatoms. The van der Waals surface area contributed by atoms with Crippen LogP contribution in [-0.2, 0) is 14.4 Å². The number of hydrogen-bond donors (Lipinski definition) is 5. The normalized spacial score (nSPS) is 12.6. The molecule has 190 valence electrons. The molecule has 1 aromatic heterocycles. The van der Waals surface area contributed by atoms with Crippen LogP contribution < -0.4 is 33.0 Å². The van der Waals surface area contributed by atoms with Crippen LogP contribution in [0.2, 0.25) is 0 Å². The van der Waals surface area contributed by atoms with Gasteiger partial charge in [-0.3, -0.25) is 19.4 Å². The van der Waals surface area contributed by atoms with Crippen molar-refractivity contribution in [1.29, 1.82) is 0 Å². The van der Waals surface area contributed by atoms with E-state index in [1.165, 1.54) is 13.0 Å². The maximum atomic E-state index is 13.1. The van der Waals surface area contributed by atoms with Gasteiger partial charge >= 0.3 is 5.63 Å². The lowest BCUT2D eigenvalue weighted by Crippen LogP contribution is -2.52. The van der Waals surface area contributed by atoms with E-state index >= 15 is 0 Å². The minimum Gasteiger partial charge on any atom is -0.423 e. The zero-order valence-electron chi connectivity index (χ0n) is 20.5. The van der Waals surface area contributed by atoms with Gasteiger partial charge in [0.25, 0.3) is 0 Å². The molecule has 2 aromatic rings. The van der Waals surface area contributed by atoms with Gasteiger partial charge in [-0.15, -0.1) is 0 Å². The molecule has 0 aliphatic heterocycles. The number of benzene rings is 1.